The van der Waals surface area contributed by atoms with E-state index in [2.05, 4.69) is 32.3 Å². The number of carbonyl (C=O) groups is 1. The summed E-state index contributed by atoms with van der Waals surface area (Å²) in [5.41, 5.74) is 2.39. The van der Waals surface area contributed by atoms with Gasteiger partial charge in [-0.3, -0.25) is 4.79 Å². The van der Waals surface area contributed by atoms with Gasteiger partial charge in [-0.05, 0) is 59.6 Å². The zero-order chi connectivity index (χ0) is 16.1. The molecule has 2 rings (SSSR count). The number of hydrogen-bond acceptors (Lipinski definition) is 4. The van der Waals surface area contributed by atoms with Crippen molar-refractivity contribution < 1.29 is 4.79 Å². The van der Waals surface area contributed by atoms with Crippen LogP contribution in [0.5, 0.6) is 0 Å². The molecular formula is C16H14BrN3OS. The molecule has 0 saturated carbocycles. The van der Waals surface area contributed by atoms with Gasteiger partial charge in [0, 0.05) is 10.7 Å². The molecule has 1 N–H and O–H groups in total. The van der Waals surface area contributed by atoms with Crippen LogP contribution in [0.15, 0.2) is 46.0 Å². The van der Waals surface area contributed by atoms with E-state index in [4.69, 9.17) is 5.26 Å². The van der Waals surface area contributed by atoms with Crippen molar-refractivity contribution in [2.24, 2.45) is 0 Å². The van der Waals surface area contributed by atoms with Crippen LogP contribution >= 0.6 is 27.7 Å². The lowest BCUT2D eigenvalue weighted by atomic mass is 10.2. The Morgan fingerprint density at radius 1 is 1.41 bits per heavy atom. The summed E-state index contributed by atoms with van der Waals surface area (Å²) >= 11 is 4.76. The van der Waals surface area contributed by atoms with Crippen LogP contribution in [0, 0.1) is 18.3 Å². The largest absolute Gasteiger partial charge is 0.324 e. The van der Waals surface area contributed by atoms with E-state index >= 15 is 0 Å². The maximum absolute atomic E-state index is 12.3. The van der Waals surface area contributed by atoms with Crippen molar-refractivity contribution in [1.82, 2.24) is 4.98 Å². The molecule has 0 aliphatic heterocycles. The van der Waals surface area contributed by atoms with E-state index in [1.165, 1.54) is 11.8 Å². The predicted molar refractivity (Wildman–Crippen MR) is 91.8 cm³/mol. The number of aromatic nitrogens is 1. The monoisotopic (exact) mass is 375 g/mol. The highest BCUT2D eigenvalue weighted by Gasteiger charge is 2.16. The first-order valence-electron chi connectivity index (χ1n) is 6.59. The fourth-order valence-electron chi connectivity index (χ4n) is 1.73. The minimum atomic E-state index is -0.324. The molecule has 0 aliphatic carbocycles. The molecule has 0 aliphatic rings. The van der Waals surface area contributed by atoms with Gasteiger partial charge in [-0.1, -0.05) is 17.8 Å². The lowest BCUT2D eigenvalue weighted by Gasteiger charge is -2.13. The van der Waals surface area contributed by atoms with E-state index in [1.54, 1.807) is 18.3 Å². The topological polar surface area (TPSA) is 65.8 Å². The highest BCUT2D eigenvalue weighted by molar-refractivity contribution is 9.10. The van der Waals surface area contributed by atoms with Crippen LogP contribution in [0.1, 0.15) is 18.1 Å². The van der Waals surface area contributed by atoms with Crippen molar-refractivity contribution in [2.75, 3.05) is 5.32 Å². The van der Waals surface area contributed by atoms with Crippen LogP contribution in [0.2, 0.25) is 0 Å². The van der Waals surface area contributed by atoms with Crippen LogP contribution in [0.25, 0.3) is 0 Å². The number of nitrogens with one attached hydrogen (secondary N) is 1. The van der Waals surface area contributed by atoms with Crippen molar-refractivity contribution in [2.45, 2.75) is 24.1 Å². The molecule has 0 spiro atoms. The van der Waals surface area contributed by atoms with Gasteiger partial charge in [0.15, 0.2) is 0 Å². The summed E-state index contributed by atoms with van der Waals surface area (Å²) in [5, 5.41) is 12.1. The number of nitrogens with zero attached hydrogens (tertiary/aromatic N) is 2. The molecule has 1 atom stereocenters. The zero-order valence-electron chi connectivity index (χ0n) is 12.1. The smallest absolute Gasteiger partial charge is 0.237 e. The first kappa shape index (κ1) is 16.5. The van der Waals surface area contributed by atoms with Crippen LogP contribution < -0.4 is 5.32 Å². The molecule has 1 aromatic carbocycles. The summed E-state index contributed by atoms with van der Waals surface area (Å²) < 4.78 is 0.850. The Kier molecular flexibility index (Phi) is 5.58. The Labute approximate surface area is 142 Å². The fraction of sp³-hybridized carbons (Fsp3) is 0.188. The summed E-state index contributed by atoms with van der Waals surface area (Å²) in [5.74, 6) is -0.112. The number of hydrogen-bond donors (Lipinski definition) is 1. The average Bonchev–Trinajstić information content (AvgIpc) is 2.50. The summed E-state index contributed by atoms with van der Waals surface area (Å²) in [7, 11) is 0. The van der Waals surface area contributed by atoms with Crippen LogP contribution in [-0.4, -0.2) is 16.1 Å². The van der Waals surface area contributed by atoms with Crippen molar-refractivity contribution in [3.05, 3.63) is 52.1 Å². The number of aryl methyl sites for hydroxylation is 1. The minimum absolute atomic E-state index is 0.112. The van der Waals surface area contributed by atoms with Crippen LogP contribution in [-0.2, 0) is 4.79 Å². The Bertz CT molecular complexity index is 742. The van der Waals surface area contributed by atoms with E-state index in [0.29, 0.717) is 10.6 Å². The quantitative estimate of drug-likeness (QED) is 0.815. The second-order valence-corrected chi connectivity index (χ2v) is 6.94. The minimum Gasteiger partial charge on any atom is -0.324 e. The van der Waals surface area contributed by atoms with Crippen LogP contribution in [0.3, 0.4) is 0 Å². The second-order valence-electron chi connectivity index (χ2n) is 4.73. The lowest BCUT2D eigenvalue weighted by molar-refractivity contribution is -0.115. The Hall–Kier alpha value is -1.84. The predicted octanol–water partition coefficient (Wildman–Crippen LogP) is 4.14. The molecule has 1 heterocycles. The standard InChI is InChI=1S/C16H14BrN3OS/c1-10-3-4-14(13(17)7-10)20-16(21)11(2)22-15-8-12(9-18)5-6-19-15/h3-8,11H,1-2H3,(H,20,21). The molecule has 1 unspecified atom stereocenters. The van der Waals surface area contributed by atoms with E-state index in [1.807, 2.05) is 32.0 Å². The van der Waals surface area contributed by atoms with Gasteiger partial charge in [0.25, 0.3) is 0 Å². The molecule has 22 heavy (non-hydrogen) atoms. The van der Waals surface area contributed by atoms with Gasteiger partial charge < -0.3 is 5.32 Å². The van der Waals surface area contributed by atoms with Gasteiger partial charge in [0.1, 0.15) is 0 Å². The number of benzene rings is 1. The molecule has 4 nitrogen and oxygen atoms in total. The molecule has 0 fully saturated rings. The molecule has 1 amide bonds. The lowest BCUT2D eigenvalue weighted by Crippen LogP contribution is -2.22. The third kappa shape index (κ3) is 4.33. The first-order valence-corrected chi connectivity index (χ1v) is 8.26. The number of thioether (sulfide) groups is 1. The van der Waals surface area contributed by atoms with E-state index < -0.39 is 0 Å². The highest BCUT2D eigenvalue weighted by Crippen LogP contribution is 2.26. The van der Waals surface area contributed by atoms with E-state index in [0.717, 1.165) is 15.7 Å². The first-order chi connectivity index (χ1) is 10.5. The number of amides is 1. The molecule has 6 heteroatoms. The van der Waals surface area contributed by atoms with Crippen molar-refractivity contribution in [3.8, 4) is 6.07 Å². The van der Waals surface area contributed by atoms with E-state index in [-0.39, 0.29) is 11.2 Å². The van der Waals surface area contributed by atoms with Gasteiger partial charge >= 0.3 is 0 Å². The van der Waals surface area contributed by atoms with Crippen molar-refractivity contribution in [1.29, 1.82) is 5.26 Å². The van der Waals surface area contributed by atoms with E-state index in [9.17, 15) is 4.79 Å². The Morgan fingerprint density at radius 2 is 2.18 bits per heavy atom. The third-order valence-electron chi connectivity index (χ3n) is 2.91. The number of anilines is 1. The van der Waals surface area contributed by atoms with Crippen molar-refractivity contribution >= 4 is 39.3 Å². The SMILES string of the molecule is Cc1ccc(NC(=O)C(C)Sc2cc(C#N)ccn2)c(Br)c1. The normalized spacial score (nSPS) is 11.5. The zero-order valence-corrected chi connectivity index (χ0v) is 14.5. The Morgan fingerprint density at radius 3 is 2.86 bits per heavy atom. The average molecular weight is 376 g/mol. The summed E-state index contributed by atoms with van der Waals surface area (Å²) in [4.78, 5) is 16.4. The summed E-state index contributed by atoms with van der Waals surface area (Å²) in [6.07, 6.45) is 1.57. The number of pyridine rings is 1. The maximum atomic E-state index is 12.3. The molecule has 0 saturated heterocycles. The maximum Gasteiger partial charge on any atom is 0.237 e. The third-order valence-corrected chi connectivity index (χ3v) is 4.60. The van der Waals surface area contributed by atoms with Crippen molar-refractivity contribution in [3.63, 3.8) is 0 Å². The molecule has 1 aromatic heterocycles. The van der Waals surface area contributed by atoms with Gasteiger partial charge in [-0.2, -0.15) is 5.26 Å². The molecule has 2 aromatic rings. The highest BCUT2D eigenvalue weighted by atomic mass is 79.9. The second kappa shape index (κ2) is 7.43. The summed E-state index contributed by atoms with van der Waals surface area (Å²) in [6, 6.07) is 11.1. The summed E-state index contributed by atoms with van der Waals surface area (Å²) in [6.45, 7) is 3.80. The number of carbonyl (C=O) groups excluding carboxylic acids is 1. The number of halogens is 1. The van der Waals surface area contributed by atoms with Gasteiger partial charge in [0.05, 0.1) is 27.6 Å². The number of rotatable bonds is 4. The van der Waals surface area contributed by atoms with Crippen LogP contribution in [0.4, 0.5) is 5.69 Å². The molecule has 0 bridgehead atoms. The molecule has 112 valence electrons. The Balaban J connectivity index is 2.04. The van der Waals surface area contributed by atoms with Gasteiger partial charge in [-0.15, -0.1) is 0 Å². The molecule has 0 radical (unpaired) electrons. The molecular weight excluding hydrogens is 362 g/mol. The van der Waals surface area contributed by atoms with Gasteiger partial charge in [0.2, 0.25) is 5.91 Å². The number of nitriles is 1. The fourth-order valence-corrected chi connectivity index (χ4v) is 3.17. The van der Waals surface area contributed by atoms with Gasteiger partial charge in [-0.25, -0.2) is 4.98 Å².